The quantitative estimate of drug-likeness (QED) is 0.0871. The van der Waals surface area contributed by atoms with Gasteiger partial charge in [0.15, 0.2) is 5.16 Å². The van der Waals surface area contributed by atoms with E-state index in [0.717, 1.165) is 23.2 Å². The van der Waals surface area contributed by atoms with Gasteiger partial charge in [-0.25, -0.2) is 14.4 Å². The molecule has 0 spiro atoms. The average molecular weight is 545 g/mol. The van der Waals surface area contributed by atoms with E-state index >= 15 is 0 Å². The molecule has 5 nitrogen and oxygen atoms in total. The molecule has 0 aliphatic rings. The standard InChI is InChI=1S/C32H37FN4OS/c1-2-3-4-5-6-7-8-9-10-25-13-17-30(18-14-25)37-22-28(19-27-20-34-24-35-21-27)31(38)36-32(37)39-23-26-11-15-29(33)16-12-26/h11-18,20-22,24H,2-10,19,23H2,1H3. The molecule has 0 aliphatic carbocycles. The fraction of sp³-hybridized carbons (Fsp3) is 0.375. The van der Waals surface area contributed by atoms with E-state index in [4.69, 9.17) is 0 Å². The van der Waals surface area contributed by atoms with Crippen LogP contribution in [-0.2, 0) is 18.6 Å². The topological polar surface area (TPSA) is 60.7 Å². The van der Waals surface area contributed by atoms with Gasteiger partial charge < -0.3 is 0 Å². The van der Waals surface area contributed by atoms with Crippen LogP contribution in [0.25, 0.3) is 5.69 Å². The van der Waals surface area contributed by atoms with Crippen molar-refractivity contribution >= 4 is 11.8 Å². The molecule has 204 valence electrons. The Morgan fingerprint density at radius 1 is 0.795 bits per heavy atom. The summed E-state index contributed by atoms with van der Waals surface area (Å²) in [4.78, 5) is 25.5. The van der Waals surface area contributed by atoms with Crippen molar-refractivity contribution in [3.05, 3.63) is 112 Å². The first-order valence-corrected chi connectivity index (χ1v) is 14.9. The molecule has 2 heterocycles. The van der Waals surface area contributed by atoms with Crippen molar-refractivity contribution in [3.63, 3.8) is 0 Å². The van der Waals surface area contributed by atoms with Crippen LogP contribution in [0.5, 0.6) is 0 Å². The molecule has 0 N–H and O–H groups in total. The maximum absolute atomic E-state index is 13.3. The maximum atomic E-state index is 13.3. The summed E-state index contributed by atoms with van der Waals surface area (Å²) in [5.74, 6) is 0.315. The molecular formula is C32H37FN4OS. The first-order chi connectivity index (χ1) is 19.1. The average Bonchev–Trinajstić information content (AvgIpc) is 2.96. The van der Waals surface area contributed by atoms with Crippen LogP contribution < -0.4 is 5.56 Å². The van der Waals surface area contributed by atoms with Crippen LogP contribution in [-0.4, -0.2) is 19.5 Å². The molecule has 7 heteroatoms. The highest BCUT2D eigenvalue weighted by Gasteiger charge is 2.13. The second-order valence-corrected chi connectivity index (χ2v) is 10.9. The van der Waals surface area contributed by atoms with Gasteiger partial charge in [0.2, 0.25) is 0 Å². The molecular weight excluding hydrogens is 507 g/mol. The van der Waals surface area contributed by atoms with E-state index in [1.165, 1.54) is 87.2 Å². The summed E-state index contributed by atoms with van der Waals surface area (Å²) in [5.41, 5.74) is 4.42. The number of halogens is 1. The fourth-order valence-corrected chi connectivity index (χ4v) is 5.48. The Morgan fingerprint density at radius 2 is 1.44 bits per heavy atom. The maximum Gasteiger partial charge on any atom is 0.277 e. The third-order valence-electron chi connectivity index (χ3n) is 6.79. The summed E-state index contributed by atoms with van der Waals surface area (Å²) in [6.07, 6.45) is 18.8. The predicted molar refractivity (Wildman–Crippen MR) is 157 cm³/mol. The first-order valence-electron chi connectivity index (χ1n) is 14.0. The van der Waals surface area contributed by atoms with Crippen LogP contribution >= 0.6 is 11.8 Å². The van der Waals surface area contributed by atoms with Crippen molar-refractivity contribution in [3.8, 4) is 5.69 Å². The highest BCUT2D eigenvalue weighted by molar-refractivity contribution is 7.98. The minimum atomic E-state index is -0.264. The third kappa shape index (κ3) is 9.13. The Kier molecular flexibility index (Phi) is 11.3. The molecule has 0 amide bonds. The number of unbranched alkanes of at least 4 members (excludes halogenated alkanes) is 7. The van der Waals surface area contributed by atoms with Gasteiger partial charge in [0.05, 0.1) is 0 Å². The largest absolute Gasteiger partial charge is 0.296 e. The van der Waals surface area contributed by atoms with Crippen molar-refractivity contribution in [2.45, 2.75) is 82.0 Å². The molecule has 0 bridgehead atoms. The molecule has 2 aromatic carbocycles. The number of hydrogen-bond donors (Lipinski definition) is 0. The number of thioether (sulfide) groups is 1. The van der Waals surface area contributed by atoms with E-state index in [9.17, 15) is 9.18 Å². The zero-order chi connectivity index (χ0) is 27.3. The summed E-state index contributed by atoms with van der Waals surface area (Å²) in [6.45, 7) is 2.26. The van der Waals surface area contributed by atoms with Gasteiger partial charge >= 0.3 is 0 Å². The van der Waals surface area contributed by atoms with Gasteiger partial charge in [0.1, 0.15) is 12.1 Å². The van der Waals surface area contributed by atoms with Crippen molar-refractivity contribution in [2.75, 3.05) is 0 Å². The van der Waals surface area contributed by atoms with Gasteiger partial charge in [0.25, 0.3) is 5.56 Å². The molecule has 0 radical (unpaired) electrons. The Bertz CT molecular complexity index is 1340. The van der Waals surface area contributed by atoms with E-state index in [1.54, 1.807) is 24.5 Å². The molecule has 4 aromatic rings. The molecule has 0 unspecified atom stereocenters. The van der Waals surface area contributed by atoms with Crippen LogP contribution in [0.15, 0.2) is 83.4 Å². The Labute approximate surface area is 235 Å². The molecule has 0 saturated carbocycles. The van der Waals surface area contributed by atoms with Crippen molar-refractivity contribution in [1.29, 1.82) is 0 Å². The lowest BCUT2D eigenvalue weighted by Crippen LogP contribution is -2.19. The number of benzene rings is 2. The molecule has 4 rings (SSSR count). The zero-order valence-corrected chi connectivity index (χ0v) is 23.5. The van der Waals surface area contributed by atoms with E-state index in [0.29, 0.717) is 22.9 Å². The first kappa shape index (κ1) is 28.7. The summed E-state index contributed by atoms with van der Waals surface area (Å²) >= 11 is 1.47. The SMILES string of the molecule is CCCCCCCCCCc1ccc(-n2cc(Cc3cncnc3)c(=O)nc2SCc2ccc(F)cc2)cc1. The lowest BCUT2D eigenvalue weighted by Gasteiger charge is -2.15. The van der Waals surface area contributed by atoms with E-state index in [1.807, 2.05) is 10.8 Å². The molecule has 0 fully saturated rings. The predicted octanol–water partition coefficient (Wildman–Crippen LogP) is 7.73. The van der Waals surface area contributed by atoms with Crippen LogP contribution in [0.2, 0.25) is 0 Å². The third-order valence-corrected chi connectivity index (χ3v) is 7.81. The Hall–Kier alpha value is -3.32. The molecule has 39 heavy (non-hydrogen) atoms. The molecule has 0 atom stereocenters. The summed E-state index contributed by atoms with van der Waals surface area (Å²) in [6, 6.07) is 15.0. The highest BCUT2D eigenvalue weighted by Crippen LogP contribution is 2.24. The molecule has 2 aromatic heterocycles. The van der Waals surface area contributed by atoms with Crippen LogP contribution in [0.1, 0.15) is 80.5 Å². The van der Waals surface area contributed by atoms with Gasteiger partial charge in [-0.15, -0.1) is 0 Å². The van der Waals surface area contributed by atoms with E-state index in [2.05, 4.69) is 46.1 Å². The van der Waals surface area contributed by atoms with Gasteiger partial charge in [-0.1, -0.05) is 87.9 Å². The van der Waals surface area contributed by atoms with Gasteiger partial charge in [-0.05, 0) is 53.8 Å². The fourth-order valence-electron chi connectivity index (χ4n) is 4.54. The lowest BCUT2D eigenvalue weighted by atomic mass is 10.0. The lowest BCUT2D eigenvalue weighted by molar-refractivity contribution is 0.575. The summed E-state index contributed by atoms with van der Waals surface area (Å²) in [7, 11) is 0. The highest BCUT2D eigenvalue weighted by atomic mass is 32.2. The monoisotopic (exact) mass is 544 g/mol. The second-order valence-electron chi connectivity index (χ2n) is 9.95. The number of aryl methyl sites for hydroxylation is 1. The Balaban J connectivity index is 1.47. The summed E-state index contributed by atoms with van der Waals surface area (Å²) < 4.78 is 15.3. The van der Waals surface area contributed by atoms with Crippen molar-refractivity contribution in [2.24, 2.45) is 0 Å². The van der Waals surface area contributed by atoms with Crippen molar-refractivity contribution < 1.29 is 4.39 Å². The molecule has 0 aliphatic heterocycles. The zero-order valence-electron chi connectivity index (χ0n) is 22.7. The van der Waals surface area contributed by atoms with Gasteiger partial charge in [-0.2, -0.15) is 4.98 Å². The minimum absolute atomic E-state index is 0.261. The number of aromatic nitrogens is 4. The summed E-state index contributed by atoms with van der Waals surface area (Å²) in [5, 5.41) is 0.605. The molecule has 0 saturated heterocycles. The van der Waals surface area contributed by atoms with Gasteiger partial charge in [0, 0.05) is 42.0 Å². The smallest absolute Gasteiger partial charge is 0.277 e. The second kappa shape index (κ2) is 15.3. The van der Waals surface area contributed by atoms with Crippen LogP contribution in [0.4, 0.5) is 4.39 Å². The number of hydrogen-bond acceptors (Lipinski definition) is 5. The minimum Gasteiger partial charge on any atom is -0.296 e. The van der Waals surface area contributed by atoms with Crippen LogP contribution in [0, 0.1) is 5.82 Å². The normalized spacial score (nSPS) is 11.1. The Morgan fingerprint density at radius 3 is 2.13 bits per heavy atom. The van der Waals surface area contributed by atoms with Crippen molar-refractivity contribution in [1.82, 2.24) is 19.5 Å². The van der Waals surface area contributed by atoms with Gasteiger partial charge in [-0.3, -0.25) is 9.36 Å². The number of nitrogens with zero attached hydrogens (tertiary/aromatic N) is 4. The van der Waals surface area contributed by atoms with E-state index < -0.39 is 0 Å². The number of rotatable bonds is 15. The van der Waals surface area contributed by atoms with E-state index in [-0.39, 0.29) is 11.4 Å². The van der Waals surface area contributed by atoms with Crippen LogP contribution in [0.3, 0.4) is 0 Å².